The van der Waals surface area contributed by atoms with Crippen molar-refractivity contribution in [2.45, 2.75) is 51.2 Å². The highest BCUT2D eigenvalue weighted by Crippen LogP contribution is 2.71. The van der Waals surface area contributed by atoms with Crippen LogP contribution >= 0.6 is 0 Å². The van der Waals surface area contributed by atoms with Gasteiger partial charge >= 0.3 is 0 Å². The van der Waals surface area contributed by atoms with E-state index in [2.05, 4.69) is 13.8 Å². The summed E-state index contributed by atoms with van der Waals surface area (Å²) in [6.45, 7) is 4.15. The van der Waals surface area contributed by atoms with Crippen molar-refractivity contribution < 1.29 is 32.0 Å². The predicted octanol–water partition coefficient (Wildman–Crippen LogP) is 1.81. The third kappa shape index (κ3) is 2.77. The molecule has 31 heavy (non-hydrogen) atoms. The van der Waals surface area contributed by atoms with Crippen LogP contribution in [0, 0.1) is 34.5 Å². The van der Waals surface area contributed by atoms with Gasteiger partial charge in [-0.1, -0.05) is 25.5 Å². The van der Waals surface area contributed by atoms with E-state index >= 15 is 0 Å². The number of fused-ring (bicyclic) bond motifs is 4. The molecule has 0 aromatic carbocycles. The smallest absolute Gasteiger partial charge is 0.264 e. The summed E-state index contributed by atoms with van der Waals surface area (Å²) in [7, 11) is -3.73. The van der Waals surface area contributed by atoms with Crippen molar-refractivity contribution in [1.82, 2.24) is 0 Å². The summed E-state index contributed by atoms with van der Waals surface area (Å²) in [5, 5.41) is 11.4. The fourth-order valence-corrected chi connectivity index (χ4v) is 8.30. The minimum atomic E-state index is -3.73. The molecule has 1 saturated heterocycles. The van der Waals surface area contributed by atoms with E-state index in [4.69, 9.17) is 8.92 Å². The van der Waals surface area contributed by atoms with Crippen molar-refractivity contribution in [3.05, 3.63) is 23.8 Å². The van der Waals surface area contributed by atoms with Gasteiger partial charge in [-0.25, -0.2) is 0 Å². The van der Waals surface area contributed by atoms with Gasteiger partial charge in [0.1, 0.15) is 12.2 Å². The monoisotopic (exact) mass is 450 g/mol. The molecule has 0 aromatic rings. The lowest BCUT2D eigenvalue weighted by Gasteiger charge is -2.65. The number of hydrogen-bond donors (Lipinski definition) is 1. The summed E-state index contributed by atoms with van der Waals surface area (Å²) in [6, 6.07) is 0. The predicted molar refractivity (Wildman–Crippen MR) is 111 cm³/mol. The molecule has 0 radical (unpaired) electrons. The minimum Gasteiger partial charge on any atom is -0.393 e. The summed E-state index contributed by atoms with van der Waals surface area (Å²) in [6.07, 6.45) is 8.28. The number of ketones is 2. The van der Waals surface area contributed by atoms with Gasteiger partial charge in [0.15, 0.2) is 11.6 Å². The molecule has 8 atom stereocenters. The second-order valence-corrected chi connectivity index (χ2v) is 12.2. The number of rotatable bonds is 4. The molecule has 170 valence electrons. The Morgan fingerprint density at radius 1 is 1.39 bits per heavy atom. The van der Waals surface area contributed by atoms with E-state index in [1.165, 1.54) is 0 Å². The van der Waals surface area contributed by atoms with Crippen molar-refractivity contribution in [2.24, 2.45) is 34.5 Å². The fourth-order valence-electron chi connectivity index (χ4n) is 7.98. The summed E-state index contributed by atoms with van der Waals surface area (Å²) < 4.78 is 33.6. The normalized spacial score (nSPS) is 48.1. The van der Waals surface area contributed by atoms with Crippen LogP contribution in [-0.4, -0.2) is 56.3 Å². The Labute approximate surface area is 183 Å². The number of carbonyl (C=O) groups is 2. The van der Waals surface area contributed by atoms with Crippen LogP contribution in [-0.2, 0) is 28.6 Å². The van der Waals surface area contributed by atoms with Crippen LogP contribution < -0.4 is 0 Å². The van der Waals surface area contributed by atoms with Crippen LogP contribution in [0.15, 0.2) is 23.8 Å². The van der Waals surface area contributed by atoms with Crippen LogP contribution in [0.25, 0.3) is 0 Å². The van der Waals surface area contributed by atoms with Gasteiger partial charge < -0.3 is 9.84 Å². The lowest BCUT2D eigenvalue weighted by Crippen LogP contribution is -2.72. The van der Waals surface area contributed by atoms with E-state index in [0.29, 0.717) is 19.4 Å². The van der Waals surface area contributed by atoms with Gasteiger partial charge in [-0.15, -0.1) is 0 Å². The van der Waals surface area contributed by atoms with Crippen LogP contribution in [0.3, 0.4) is 0 Å². The number of hydrogen-bond acceptors (Lipinski definition) is 7. The average molecular weight is 451 g/mol. The molecule has 5 aliphatic rings. The molecule has 0 aromatic heterocycles. The molecule has 7 nitrogen and oxygen atoms in total. The molecular formula is C23H30O7S. The Balaban J connectivity index is 1.49. The second-order valence-electron chi connectivity index (χ2n) is 10.5. The molecule has 1 heterocycles. The van der Waals surface area contributed by atoms with Gasteiger partial charge in [0.05, 0.1) is 19.0 Å². The number of Topliss-reactive ketones (excluding diaryl/α,β-unsaturated/α-hetero) is 1. The van der Waals surface area contributed by atoms with E-state index in [1.807, 2.05) is 6.08 Å². The van der Waals surface area contributed by atoms with Gasteiger partial charge in [-0.05, 0) is 55.6 Å². The van der Waals surface area contributed by atoms with Crippen molar-refractivity contribution in [2.75, 3.05) is 19.5 Å². The van der Waals surface area contributed by atoms with Gasteiger partial charge in [-0.3, -0.25) is 13.8 Å². The summed E-state index contributed by atoms with van der Waals surface area (Å²) >= 11 is 0. The van der Waals surface area contributed by atoms with Crippen LogP contribution in [0.1, 0.15) is 39.5 Å². The standard InChI is InChI=1S/C23H30O7S/c1-13-8-15-16-5-7-23(19(26)11-30-31(3,27)28)22(16,12-29-23)10-18(25)20(15)21(2)6-4-14(24)9-17(13)21/h4,6,9,13,15-16,18,20,25H,5,7-8,10-12H2,1-3H3/t13-,15-,16-,18-,20+,21-,22+,23-/m0/s1. The Hall–Kier alpha value is -1.35. The van der Waals surface area contributed by atoms with Gasteiger partial charge in [0.25, 0.3) is 10.1 Å². The maximum Gasteiger partial charge on any atom is 0.264 e. The largest absolute Gasteiger partial charge is 0.393 e. The molecule has 4 fully saturated rings. The molecule has 0 amide bonds. The second kappa shape index (κ2) is 6.59. The van der Waals surface area contributed by atoms with Crippen LogP contribution in [0.2, 0.25) is 0 Å². The number of allylic oxidation sites excluding steroid dienone is 4. The summed E-state index contributed by atoms with van der Waals surface area (Å²) in [4.78, 5) is 25.2. The maximum absolute atomic E-state index is 13.1. The highest BCUT2D eigenvalue weighted by atomic mass is 32.2. The topological polar surface area (TPSA) is 107 Å². The van der Waals surface area contributed by atoms with E-state index in [-0.39, 0.29) is 40.7 Å². The zero-order valence-corrected chi connectivity index (χ0v) is 19.0. The number of aliphatic hydroxyl groups excluding tert-OH is 1. The molecule has 1 spiro atoms. The Morgan fingerprint density at radius 3 is 2.77 bits per heavy atom. The van der Waals surface area contributed by atoms with Crippen molar-refractivity contribution >= 4 is 21.7 Å². The van der Waals surface area contributed by atoms with E-state index < -0.39 is 33.8 Å². The molecule has 0 unspecified atom stereocenters. The van der Waals surface area contributed by atoms with Gasteiger partial charge in [0, 0.05) is 16.7 Å². The number of carbonyl (C=O) groups excluding carboxylic acids is 2. The Bertz CT molecular complexity index is 1010. The van der Waals surface area contributed by atoms with Crippen molar-refractivity contribution in [1.29, 1.82) is 0 Å². The first-order valence-corrected chi connectivity index (χ1v) is 12.9. The number of aliphatic hydroxyl groups is 1. The molecular weight excluding hydrogens is 420 g/mol. The molecule has 1 aliphatic heterocycles. The first kappa shape index (κ1) is 21.5. The molecule has 3 saturated carbocycles. The van der Waals surface area contributed by atoms with Gasteiger partial charge in [0.2, 0.25) is 0 Å². The maximum atomic E-state index is 13.1. The third-order valence-corrected chi connectivity index (χ3v) is 9.63. The van der Waals surface area contributed by atoms with E-state index in [9.17, 15) is 23.1 Å². The Kier molecular flexibility index (Phi) is 4.57. The number of ether oxygens (including phenoxy) is 1. The molecule has 8 heteroatoms. The van der Waals surface area contributed by atoms with Crippen molar-refractivity contribution in [3.8, 4) is 0 Å². The summed E-state index contributed by atoms with van der Waals surface area (Å²) in [5.41, 5.74) is -0.816. The average Bonchev–Trinajstić information content (AvgIpc) is 2.89. The lowest BCUT2D eigenvalue weighted by molar-refractivity contribution is -0.287. The zero-order valence-electron chi connectivity index (χ0n) is 18.2. The molecule has 5 rings (SSSR count). The minimum absolute atomic E-state index is 0.00305. The van der Waals surface area contributed by atoms with E-state index in [1.54, 1.807) is 12.2 Å². The molecule has 4 aliphatic carbocycles. The molecule has 0 bridgehead atoms. The first-order chi connectivity index (χ1) is 14.4. The van der Waals surface area contributed by atoms with Crippen molar-refractivity contribution in [3.63, 3.8) is 0 Å². The highest BCUT2D eigenvalue weighted by molar-refractivity contribution is 7.86. The summed E-state index contributed by atoms with van der Waals surface area (Å²) in [5.74, 6) is 0.271. The van der Waals surface area contributed by atoms with Crippen LogP contribution in [0.5, 0.6) is 0 Å². The fraction of sp³-hybridized carbons (Fsp3) is 0.739. The quantitative estimate of drug-likeness (QED) is 0.651. The first-order valence-electron chi connectivity index (χ1n) is 11.1. The van der Waals surface area contributed by atoms with Crippen LogP contribution in [0.4, 0.5) is 0 Å². The zero-order chi connectivity index (χ0) is 22.4. The SMILES string of the molecule is C[C@H]1C[C@@H]2[C@H]([C@@H](O)C[C@]34CO[C@]3(C(=O)COS(C)(=O)=O)CC[C@@H]24)[C@@]2(C)C=CC(=O)C=C12. The molecule has 1 N–H and O–H groups in total. The highest BCUT2D eigenvalue weighted by Gasteiger charge is 2.76. The third-order valence-electron chi connectivity index (χ3n) is 9.08. The van der Waals surface area contributed by atoms with Gasteiger partial charge in [-0.2, -0.15) is 8.42 Å². The lowest BCUT2D eigenvalue weighted by atomic mass is 9.43. The van der Waals surface area contributed by atoms with E-state index in [0.717, 1.165) is 24.7 Å². The Morgan fingerprint density at radius 2 is 2.13 bits per heavy atom.